The summed E-state index contributed by atoms with van der Waals surface area (Å²) in [7, 11) is 0. The number of halogens is 2. The lowest BCUT2D eigenvalue weighted by Gasteiger charge is -2.29. The van der Waals surface area contributed by atoms with E-state index in [0.29, 0.717) is 11.5 Å². The molecule has 0 amide bonds. The highest BCUT2D eigenvalue weighted by atomic mass is 79.9. The Morgan fingerprint density at radius 3 is 1.43 bits per heavy atom. The summed E-state index contributed by atoms with van der Waals surface area (Å²) in [5.41, 5.74) is 0.647. The summed E-state index contributed by atoms with van der Waals surface area (Å²) < 4.78 is 10.5. The van der Waals surface area contributed by atoms with Crippen molar-refractivity contribution in [3.63, 3.8) is 0 Å². The Labute approximate surface area is 191 Å². The van der Waals surface area contributed by atoms with Gasteiger partial charge in [0, 0.05) is 5.41 Å². The van der Waals surface area contributed by atoms with Gasteiger partial charge in [0.05, 0.1) is 6.42 Å². The van der Waals surface area contributed by atoms with Gasteiger partial charge in [0.25, 0.3) is 0 Å². The van der Waals surface area contributed by atoms with Gasteiger partial charge in [0.2, 0.25) is 0 Å². The highest BCUT2D eigenvalue weighted by Crippen LogP contribution is 2.37. The molecular weight excluding hydrogens is 520 g/mol. The van der Waals surface area contributed by atoms with Gasteiger partial charge < -0.3 is 14.6 Å². The maximum Gasteiger partial charge on any atom is 0.324 e. The number of ether oxygens (including phenoxy) is 2. The number of hydrogen-bond acceptors (Lipinski definition) is 5. The summed E-state index contributed by atoms with van der Waals surface area (Å²) >= 11 is 6.31. The first-order valence-corrected chi connectivity index (χ1v) is 11.0. The lowest BCUT2D eigenvalue weighted by molar-refractivity contribution is -0.138. The summed E-state index contributed by atoms with van der Waals surface area (Å²) in [4.78, 5) is 34.2. The van der Waals surface area contributed by atoms with Crippen LogP contribution in [0, 0.1) is 0 Å². The third-order valence-corrected chi connectivity index (χ3v) is 5.32. The lowest BCUT2D eigenvalue weighted by Crippen LogP contribution is -2.27. The quantitative estimate of drug-likeness (QED) is 0.292. The Kier molecular flexibility index (Phi) is 8.20. The summed E-state index contributed by atoms with van der Waals surface area (Å²) in [6.07, 6.45) is -0.151. The molecule has 0 aliphatic heterocycles. The molecule has 160 valence electrons. The molecule has 2 unspecified atom stereocenters. The van der Waals surface area contributed by atoms with Crippen LogP contribution in [-0.4, -0.2) is 32.7 Å². The van der Waals surface area contributed by atoms with Gasteiger partial charge in [-0.1, -0.05) is 63.0 Å². The number of carbonyl (C=O) groups excluding carboxylic acids is 2. The average molecular weight is 542 g/mol. The predicted octanol–water partition coefficient (Wildman–Crippen LogP) is 4.84. The summed E-state index contributed by atoms with van der Waals surface area (Å²) in [6.45, 7) is 5.16. The van der Waals surface area contributed by atoms with Crippen LogP contribution < -0.4 is 9.47 Å². The maximum atomic E-state index is 11.7. The van der Waals surface area contributed by atoms with Gasteiger partial charge >= 0.3 is 17.9 Å². The van der Waals surface area contributed by atoms with E-state index in [-0.39, 0.29) is 6.42 Å². The highest BCUT2D eigenvalue weighted by Gasteiger charge is 2.32. The predicted molar refractivity (Wildman–Crippen MR) is 120 cm³/mol. The first kappa shape index (κ1) is 24.1. The fourth-order valence-corrected chi connectivity index (χ4v) is 3.04. The molecule has 6 nitrogen and oxygen atoms in total. The molecule has 8 heteroatoms. The molecule has 2 aromatic rings. The van der Waals surface area contributed by atoms with Crippen LogP contribution in [0.25, 0.3) is 0 Å². The number of carboxylic acids is 1. The molecule has 0 spiro atoms. The van der Waals surface area contributed by atoms with Crippen molar-refractivity contribution in [1.82, 2.24) is 0 Å². The number of alkyl halides is 2. The van der Waals surface area contributed by atoms with Crippen LogP contribution >= 0.6 is 31.9 Å². The molecule has 0 radical (unpaired) electrons. The van der Waals surface area contributed by atoms with Crippen molar-refractivity contribution in [3.8, 4) is 11.5 Å². The third kappa shape index (κ3) is 6.15. The van der Waals surface area contributed by atoms with E-state index in [9.17, 15) is 19.5 Å². The second kappa shape index (κ2) is 10.2. The molecule has 2 aromatic carbocycles. The standard InChI is InChI=1S/C22H22Br2O6/c1-13(23)20(27)29-17-8-4-15(5-9-17)22(3,12-19(25)26)16-6-10-18(11-7-16)30-21(28)14(2)24/h4-11,13-14H,12H2,1-3H3,(H,25,26). The van der Waals surface area contributed by atoms with Gasteiger partial charge in [0.1, 0.15) is 21.2 Å². The van der Waals surface area contributed by atoms with E-state index >= 15 is 0 Å². The summed E-state index contributed by atoms with van der Waals surface area (Å²) in [6, 6.07) is 13.5. The molecule has 0 saturated heterocycles. The van der Waals surface area contributed by atoms with Crippen molar-refractivity contribution in [3.05, 3.63) is 59.7 Å². The average Bonchev–Trinajstić information content (AvgIpc) is 2.68. The largest absolute Gasteiger partial charge is 0.481 e. The molecule has 0 aromatic heterocycles. The molecular formula is C22H22Br2O6. The van der Waals surface area contributed by atoms with Gasteiger partial charge in [0.15, 0.2) is 0 Å². The topological polar surface area (TPSA) is 89.9 Å². The Morgan fingerprint density at radius 1 is 0.833 bits per heavy atom. The van der Waals surface area contributed by atoms with Crippen molar-refractivity contribution < 1.29 is 29.0 Å². The molecule has 1 N–H and O–H groups in total. The van der Waals surface area contributed by atoms with Gasteiger partial charge in [-0.3, -0.25) is 14.4 Å². The van der Waals surface area contributed by atoms with Crippen molar-refractivity contribution in [1.29, 1.82) is 0 Å². The van der Waals surface area contributed by atoms with Crippen molar-refractivity contribution in [2.75, 3.05) is 0 Å². The van der Waals surface area contributed by atoms with Crippen LogP contribution in [0.1, 0.15) is 38.3 Å². The first-order chi connectivity index (χ1) is 14.0. The van der Waals surface area contributed by atoms with E-state index < -0.39 is 33.0 Å². The third-order valence-electron chi connectivity index (χ3n) is 4.57. The van der Waals surface area contributed by atoms with E-state index in [2.05, 4.69) is 31.9 Å². The normalized spacial score (nSPS) is 14.8. The van der Waals surface area contributed by atoms with Crippen molar-refractivity contribution in [2.45, 2.75) is 42.3 Å². The van der Waals surface area contributed by atoms with Gasteiger partial charge in [-0.2, -0.15) is 0 Å². The van der Waals surface area contributed by atoms with Gasteiger partial charge in [-0.05, 0) is 49.2 Å². The number of carboxylic acid groups (broad SMARTS) is 1. The Morgan fingerprint density at radius 2 is 1.17 bits per heavy atom. The van der Waals surface area contributed by atoms with Crippen molar-refractivity contribution in [2.24, 2.45) is 0 Å². The number of benzene rings is 2. The lowest BCUT2D eigenvalue weighted by atomic mass is 9.74. The van der Waals surface area contributed by atoms with Gasteiger partial charge in [-0.15, -0.1) is 0 Å². The second-order valence-electron chi connectivity index (χ2n) is 7.03. The molecule has 0 aliphatic rings. The Balaban J connectivity index is 2.32. The van der Waals surface area contributed by atoms with E-state index in [1.165, 1.54) is 0 Å². The SMILES string of the molecule is CC(Br)C(=O)Oc1ccc(C(C)(CC(=O)O)c2ccc(OC(=O)C(C)Br)cc2)cc1. The monoisotopic (exact) mass is 540 g/mol. The molecule has 2 rings (SSSR count). The summed E-state index contributed by atoms with van der Waals surface area (Å²) in [5.74, 6) is -1.04. The molecule has 0 bridgehead atoms. The highest BCUT2D eigenvalue weighted by molar-refractivity contribution is 9.10. The van der Waals surface area contributed by atoms with E-state index in [1.807, 2.05) is 6.92 Å². The zero-order chi connectivity index (χ0) is 22.5. The number of carbonyl (C=O) groups is 3. The minimum absolute atomic E-state index is 0.151. The number of rotatable bonds is 8. The van der Waals surface area contributed by atoms with Crippen LogP contribution in [0.5, 0.6) is 11.5 Å². The zero-order valence-corrected chi connectivity index (χ0v) is 19.9. The van der Waals surface area contributed by atoms with Crippen molar-refractivity contribution >= 4 is 49.8 Å². The smallest absolute Gasteiger partial charge is 0.324 e. The van der Waals surface area contributed by atoms with Crippen LogP contribution in [-0.2, 0) is 19.8 Å². The van der Waals surface area contributed by atoms with Gasteiger partial charge in [-0.25, -0.2) is 0 Å². The number of aliphatic carboxylic acids is 1. The van der Waals surface area contributed by atoms with Crippen LogP contribution in [0.2, 0.25) is 0 Å². The van der Waals surface area contributed by atoms with E-state index in [0.717, 1.165) is 11.1 Å². The Hall–Kier alpha value is -2.19. The molecule has 0 saturated carbocycles. The molecule has 0 heterocycles. The fraction of sp³-hybridized carbons (Fsp3) is 0.318. The minimum atomic E-state index is -0.954. The number of esters is 2. The first-order valence-electron chi connectivity index (χ1n) is 9.17. The molecule has 0 fully saturated rings. The molecule has 0 aliphatic carbocycles. The maximum absolute atomic E-state index is 11.7. The molecule has 2 atom stereocenters. The van der Waals surface area contributed by atoms with E-state index in [1.54, 1.807) is 62.4 Å². The van der Waals surface area contributed by atoms with E-state index in [4.69, 9.17) is 9.47 Å². The number of hydrogen-bond donors (Lipinski definition) is 1. The van der Waals surface area contributed by atoms with Crippen LogP contribution in [0.15, 0.2) is 48.5 Å². The van der Waals surface area contributed by atoms with Crippen LogP contribution in [0.3, 0.4) is 0 Å². The second-order valence-corrected chi connectivity index (χ2v) is 9.77. The van der Waals surface area contributed by atoms with Crippen LogP contribution in [0.4, 0.5) is 0 Å². The zero-order valence-electron chi connectivity index (χ0n) is 16.7. The summed E-state index contributed by atoms with van der Waals surface area (Å²) in [5, 5.41) is 9.49. The fourth-order valence-electron chi connectivity index (χ4n) is 2.85. The minimum Gasteiger partial charge on any atom is -0.481 e. The molecule has 30 heavy (non-hydrogen) atoms. The Bertz CT molecular complexity index is 839.